The summed E-state index contributed by atoms with van der Waals surface area (Å²) in [4.78, 5) is 18.6. The molecule has 25 heavy (non-hydrogen) atoms. The molecule has 0 aromatic carbocycles. The van der Waals surface area contributed by atoms with E-state index >= 15 is 0 Å². The first kappa shape index (κ1) is 16.0. The van der Waals surface area contributed by atoms with Gasteiger partial charge in [0.1, 0.15) is 5.76 Å². The molecule has 1 amide bonds. The number of carbonyl (C=O) groups excluding carboxylic acids is 1. The molecule has 7 heteroatoms. The summed E-state index contributed by atoms with van der Waals surface area (Å²) in [5.41, 5.74) is 1.14. The lowest BCUT2D eigenvalue weighted by Gasteiger charge is -2.18. The third kappa shape index (κ3) is 3.46. The van der Waals surface area contributed by atoms with Crippen molar-refractivity contribution >= 4 is 17.7 Å². The molecule has 128 valence electrons. The third-order valence-corrected chi connectivity index (χ3v) is 5.45. The highest BCUT2D eigenvalue weighted by Gasteiger charge is 2.26. The highest BCUT2D eigenvalue weighted by molar-refractivity contribution is 7.99. The summed E-state index contributed by atoms with van der Waals surface area (Å²) in [6, 6.07) is 9.27. The number of aromatic nitrogens is 2. The average molecular weight is 355 g/mol. The monoisotopic (exact) mass is 355 g/mol. The zero-order valence-corrected chi connectivity index (χ0v) is 14.3. The van der Waals surface area contributed by atoms with E-state index < -0.39 is 0 Å². The van der Waals surface area contributed by atoms with Crippen LogP contribution in [0.5, 0.6) is 0 Å². The minimum absolute atomic E-state index is 0.0976. The number of amides is 1. The van der Waals surface area contributed by atoms with E-state index in [0.29, 0.717) is 24.5 Å². The Morgan fingerprint density at radius 3 is 3.04 bits per heavy atom. The van der Waals surface area contributed by atoms with Crippen LogP contribution >= 0.6 is 11.8 Å². The Hall–Kier alpha value is -2.54. The summed E-state index contributed by atoms with van der Waals surface area (Å²) in [6.45, 7) is 1.36. The van der Waals surface area contributed by atoms with Crippen molar-refractivity contribution in [2.75, 3.05) is 18.8 Å². The normalized spacial score (nSPS) is 18.1. The van der Waals surface area contributed by atoms with Gasteiger partial charge >= 0.3 is 0 Å². The van der Waals surface area contributed by atoms with E-state index in [-0.39, 0.29) is 11.2 Å². The van der Waals surface area contributed by atoms with Gasteiger partial charge in [-0.15, -0.1) is 11.8 Å². The summed E-state index contributed by atoms with van der Waals surface area (Å²) in [5, 5.41) is 4.24. The van der Waals surface area contributed by atoms with Crippen LogP contribution in [0.2, 0.25) is 0 Å². The number of nitrogens with zero attached hydrogens (tertiary/aromatic N) is 3. The van der Waals surface area contributed by atoms with Crippen LogP contribution in [0, 0.1) is 0 Å². The largest absolute Gasteiger partial charge is 0.468 e. The van der Waals surface area contributed by atoms with Crippen molar-refractivity contribution in [1.82, 2.24) is 15.0 Å². The Bertz CT molecular complexity index is 832. The fraction of sp³-hybridized carbons (Fsp3) is 0.278. The summed E-state index contributed by atoms with van der Waals surface area (Å²) < 4.78 is 10.8. The first-order valence-electron chi connectivity index (χ1n) is 8.12. The summed E-state index contributed by atoms with van der Waals surface area (Å²) in [5.74, 6) is 2.29. The van der Waals surface area contributed by atoms with Crippen molar-refractivity contribution < 1.29 is 13.7 Å². The first-order chi connectivity index (χ1) is 12.3. The van der Waals surface area contributed by atoms with E-state index in [4.69, 9.17) is 8.94 Å². The third-order valence-electron chi connectivity index (χ3n) is 4.16. The van der Waals surface area contributed by atoms with E-state index in [0.717, 1.165) is 23.5 Å². The van der Waals surface area contributed by atoms with Crippen LogP contribution in [-0.2, 0) is 0 Å². The molecule has 0 aliphatic carbocycles. The van der Waals surface area contributed by atoms with Crippen molar-refractivity contribution in [3.63, 3.8) is 0 Å². The number of pyridine rings is 1. The summed E-state index contributed by atoms with van der Waals surface area (Å²) in [7, 11) is 0. The summed E-state index contributed by atoms with van der Waals surface area (Å²) in [6.07, 6.45) is 5.93. The molecule has 0 bridgehead atoms. The van der Waals surface area contributed by atoms with E-state index in [1.165, 1.54) is 0 Å². The highest BCUT2D eigenvalue weighted by Crippen LogP contribution is 2.34. The van der Waals surface area contributed by atoms with Crippen molar-refractivity contribution in [1.29, 1.82) is 0 Å². The van der Waals surface area contributed by atoms with Crippen LogP contribution in [0.25, 0.3) is 11.3 Å². The van der Waals surface area contributed by atoms with Crippen molar-refractivity contribution in [2.24, 2.45) is 0 Å². The van der Waals surface area contributed by atoms with Gasteiger partial charge in [0.05, 0.1) is 11.5 Å². The van der Waals surface area contributed by atoms with Gasteiger partial charge in [0.25, 0.3) is 5.91 Å². The fourth-order valence-corrected chi connectivity index (χ4v) is 4.04. The molecule has 3 aromatic heterocycles. The number of rotatable bonds is 3. The number of furan rings is 1. The molecule has 0 saturated carbocycles. The fourth-order valence-electron chi connectivity index (χ4n) is 2.86. The second kappa shape index (κ2) is 7.14. The predicted molar refractivity (Wildman–Crippen MR) is 94.2 cm³/mol. The number of thioether (sulfide) groups is 1. The minimum atomic E-state index is -0.0976. The van der Waals surface area contributed by atoms with Crippen molar-refractivity contribution in [3.8, 4) is 11.3 Å². The van der Waals surface area contributed by atoms with Gasteiger partial charge in [-0.25, -0.2) is 0 Å². The van der Waals surface area contributed by atoms with Gasteiger partial charge < -0.3 is 13.8 Å². The van der Waals surface area contributed by atoms with Gasteiger partial charge in [0.2, 0.25) is 0 Å². The van der Waals surface area contributed by atoms with Crippen LogP contribution in [0.4, 0.5) is 0 Å². The molecule has 4 rings (SSSR count). The van der Waals surface area contributed by atoms with Gasteiger partial charge in [-0.2, -0.15) is 0 Å². The molecule has 1 aliphatic heterocycles. The van der Waals surface area contributed by atoms with Gasteiger partial charge in [0, 0.05) is 42.9 Å². The lowest BCUT2D eigenvalue weighted by atomic mass is 10.2. The van der Waals surface area contributed by atoms with Gasteiger partial charge in [0.15, 0.2) is 11.5 Å². The maximum Gasteiger partial charge on any atom is 0.276 e. The molecule has 1 unspecified atom stereocenters. The minimum Gasteiger partial charge on any atom is -0.468 e. The highest BCUT2D eigenvalue weighted by atomic mass is 32.2. The number of hydrogen-bond acceptors (Lipinski definition) is 6. The molecular weight excluding hydrogens is 338 g/mol. The first-order valence-corrected chi connectivity index (χ1v) is 9.17. The molecule has 1 aliphatic rings. The Morgan fingerprint density at radius 1 is 1.28 bits per heavy atom. The van der Waals surface area contributed by atoms with E-state index in [9.17, 15) is 4.79 Å². The Kier molecular flexibility index (Phi) is 4.56. The topological polar surface area (TPSA) is 72.4 Å². The van der Waals surface area contributed by atoms with Crippen LogP contribution in [0.1, 0.15) is 27.9 Å². The van der Waals surface area contributed by atoms with Crippen LogP contribution < -0.4 is 0 Å². The molecule has 4 heterocycles. The molecular formula is C18H17N3O3S. The standard InChI is InChI=1S/C18H17N3O3S/c22-18(14-11-16(24-20-14)13-3-1-6-19-12-13)21-7-5-17(25-10-8-21)15-4-2-9-23-15/h1-4,6,9,11-12,17H,5,7-8,10H2. The average Bonchev–Trinajstić information content (AvgIpc) is 3.30. The second-order valence-corrected chi connectivity index (χ2v) is 7.08. The maximum absolute atomic E-state index is 12.7. The smallest absolute Gasteiger partial charge is 0.276 e. The molecule has 0 radical (unpaired) electrons. The Labute approximate surface area is 149 Å². The van der Waals surface area contributed by atoms with Gasteiger partial charge in [-0.05, 0) is 30.7 Å². The molecule has 6 nitrogen and oxygen atoms in total. The van der Waals surface area contributed by atoms with E-state index in [1.807, 2.05) is 40.9 Å². The van der Waals surface area contributed by atoms with Crippen LogP contribution in [0.15, 0.2) is 57.9 Å². The van der Waals surface area contributed by atoms with Crippen LogP contribution in [-0.4, -0.2) is 39.8 Å². The van der Waals surface area contributed by atoms with Crippen LogP contribution in [0.3, 0.4) is 0 Å². The van der Waals surface area contributed by atoms with E-state index in [2.05, 4.69) is 10.1 Å². The SMILES string of the molecule is O=C(c1cc(-c2cccnc2)on1)N1CCSC(c2ccco2)CC1. The summed E-state index contributed by atoms with van der Waals surface area (Å²) >= 11 is 1.82. The van der Waals surface area contributed by atoms with Gasteiger partial charge in [-0.3, -0.25) is 9.78 Å². The second-order valence-electron chi connectivity index (χ2n) is 5.77. The molecule has 3 aromatic rings. The maximum atomic E-state index is 12.7. The lowest BCUT2D eigenvalue weighted by molar-refractivity contribution is 0.0755. The predicted octanol–water partition coefficient (Wildman–Crippen LogP) is 3.65. The zero-order valence-electron chi connectivity index (χ0n) is 13.5. The zero-order chi connectivity index (χ0) is 17.1. The molecule has 1 saturated heterocycles. The Morgan fingerprint density at radius 2 is 2.24 bits per heavy atom. The van der Waals surface area contributed by atoms with Crippen molar-refractivity contribution in [3.05, 3.63) is 60.4 Å². The number of carbonyl (C=O) groups is 1. The number of hydrogen-bond donors (Lipinski definition) is 0. The molecule has 1 fully saturated rings. The quantitative estimate of drug-likeness (QED) is 0.714. The molecule has 0 spiro atoms. The molecule has 1 atom stereocenters. The lowest BCUT2D eigenvalue weighted by Crippen LogP contribution is -2.33. The molecule has 0 N–H and O–H groups in total. The Balaban J connectivity index is 1.45. The van der Waals surface area contributed by atoms with Gasteiger partial charge in [-0.1, -0.05) is 5.16 Å². The van der Waals surface area contributed by atoms with E-state index in [1.54, 1.807) is 24.7 Å². The van der Waals surface area contributed by atoms with Crippen molar-refractivity contribution in [2.45, 2.75) is 11.7 Å².